The molecule has 1 rings (SSSR count). The fourth-order valence-electron chi connectivity index (χ4n) is 1.26. The Labute approximate surface area is 97.0 Å². The molecule has 0 atom stereocenters. The molecule has 0 saturated carbocycles. The van der Waals surface area contributed by atoms with Gasteiger partial charge in [0.2, 0.25) is 0 Å². The minimum Gasteiger partial charge on any atom is -0.497 e. The van der Waals surface area contributed by atoms with Gasteiger partial charge in [0.05, 0.1) is 18.4 Å². The summed E-state index contributed by atoms with van der Waals surface area (Å²) in [4.78, 5) is 0. The maximum absolute atomic E-state index is 9.02. The fraction of sp³-hybridized carbons (Fsp3) is 0.462. The molecule has 0 bridgehead atoms. The Morgan fingerprint density at radius 1 is 1.38 bits per heavy atom. The van der Waals surface area contributed by atoms with Crippen LogP contribution in [0, 0.1) is 16.7 Å². The van der Waals surface area contributed by atoms with Crippen molar-refractivity contribution in [1.82, 2.24) is 0 Å². The number of benzene rings is 1. The van der Waals surface area contributed by atoms with E-state index in [1.165, 1.54) is 0 Å². The lowest BCUT2D eigenvalue weighted by Crippen LogP contribution is -2.19. The van der Waals surface area contributed by atoms with Gasteiger partial charge in [-0.05, 0) is 23.6 Å². The summed E-state index contributed by atoms with van der Waals surface area (Å²) in [6.07, 6.45) is 0. The quantitative estimate of drug-likeness (QED) is 0.848. The number of methoxy groups -OCH3 is 1. The van der Waals surface area contributed by atoms with Crippen LogP contribution in [0.25, 0.3) is 0 Å². The van der Waals surface area contributed by atoms with E-state index in [1.807, 2.05) is 12.1 Å². The predicted molar refractivity (Wildman–Crippen MR) is 65.7 cm³/mol. The molecule has 0 unspecified atom stereocenters. The molecule has 86 valence electrons. The van der Waals surface area contributed by atoms with E-state index < -0.39 is 0 Å². The fourth-order valence-corrected chi connectivity index (χ4v) is 1.26. The van der Waals surface area contributed by atoms with E-state index in [-0.39, 0.29) is 5.41 Å². The topological polar surface area (TPSA) is 45.0 Å². The number of ether oxygens (including phenoxy) is 1. The molecule has 3 nitrogen and oxygen atoms in total. The van der Waals surface area contributed by atoms with Gasteiger partial charge in [0, 0.05) is 6.54 Å². The van der Waals surface area contributed by atoms with Gasteiger partial charge < -0.3 is 10.1 Å². The average Bonchev–Trinajstić information content (AvgIpc) is 2.25. The molecular formula is C13H18N2O. The summed E-state index contributed by atoms with van der Waals surface area (Å²) >= 11 is 0. The number of hydrogen-bond acceptors (Lipinski definition) is 3. The van der Waals surface area contributed by atoms with E-state index in [0.29, 0.717) is 11.3 Å². The van der Waals surface area contributed by atoms with Gasteiger partial charge in [-0.3, -0.25) is 0 Å². The second kappa shape index (κ2) is 4.89. The van der Waals surface area contributed by atoms with E-state index in [4.69, 9.17) is 10.00 Å². The largest absolute Gasteiger partial charge is 0.497 e. The molecule has 3 heteroatoms. The maximum Gasteiger partial charge on any atom is 0.120 e. The molecule has 1 N–H and O–H groups in total. The van der Waals surface area contributed by atoms with Crippen LogP contribution in [0.1, 0.15) is 26.3 Å². The Kier molecular flexibility index (Phi) is 3.78. The lowest BCUT2D eigenvalue weighted by molar-refractivity contribution is 0.414. The Balaban J connectivity index is 2.85. The number of hydrogen-bond donors (Lipinski definition) is 1. The van der Waals surface area contributed by atoms with Crippen molar-refractivity contribution < 1.29 is 4.74 Å². The molecule has 0 saturated heterocycles. The molecule has 0 fully saturated rings. The standard InChI is InChI=1S/C13H18N2O/c1-13(2,3)9-15-12-6-5-11(16-4)7-10(12)8-14/h5-7,15H,9H2,1-4H3. The molecule has 0 spiro atoms. The zero-order chi connectivity index (χ0) is 12.2. The first-order chi connectivity index (χ1) is 7.46. The normalized spacial score (nSPS) is 10.7. The van der Waals surface area contributed by atoms with E-state index in [9.17, 15) is 0 Å². The van der Waals surface area contributed by atoms with Crippen LogP contribution < -0.4 is 10.1 Å². The van der Waals surface area contributed by atoms with Crippen LogP contribution in [0.3, 0.4) is 0 Å². The van der Waals surface area contributed by atoms with Gasteiger partial charge in [0.15, 0.2) is 0 Å². The zero-order valence-corrected chi connectivity index (χ0v) is 10.3. The first-order valence-electron chi connectivity index (χ1n) is 5.28. The SMILES string of the molecule is COc1ccc(NCC(C)(C)C)c(C#N)c1. The number of nitrogens with zero attached hydrogens (tertiary/aromatic N) is 1. The minimum atomic E-state index is 0.187. The predicted octanol–water partition coefficient (Wildman–Crippen LogP) is 3.02. The molecule has 0 aliphatic carbocycles. The maximum atomic E-state index is 9.02. The smallest absolute Gasteiger partial charge is 0.120 e. The summed E-state index contributed by atoms with van der Waals surface area (Å²) in [6.45, 7) is 7.27. The monoisotopic (exact) mass is 218 g/mol. The zero-order valence-electron chi connectivity index (χ0n) is 10.3. The molecule has 1 aromatic rings. The van der Waals surface area contributed by atoms with Crippen LogP contribution in [0.4, 0.5) is 5.69 Å². The van der Waals surface area contributed by atoms with E-state index >= 15 is 0 Å². The Morgan fingerprint density at radius 3 is 2.56 bits per heavy atom. The van der Waals surface area contributed by atoms with Crippen LogP contribution in [-0.4, -0.2) is 13.7 Å². The van der Waals surface area contributed by atoms with Gasteiger partial charge in [-0.15, -0.1) is 0 Å². The lowest BCUT2D eigenvalue weighted by atomic mass is 9.96. The number of nitrogens with one attached hydrogen (secondary N) is 1. The third-order valence-electron chi connectivity index (χ3n) is 2.16. The Hall–Kier alpha value is -1.69. The van der Waals surface area contributed by atoms with Crippen LogP contribution in [0.2, 0.25) is 0 Å². The van der Waals surface area contributed by atoms with Gasteiger partial charge in [-0.2, -0.15) is 5.26 Å². The summed E-state index contributed by atoms with van der Waals surface area (Å²) in [5.74, 6) is 0.706. The van der Waals surface area contributed by atoms with Crippen molar-refractivity contribution in [3.8, 4) is 11.8 Å². The average molecular weight is 218 g/mol. The third-order valence-corrected chi connectivity index (χ3v) is 2.16. The van der Waals surface area contributed by atoms with Crippen molar-refractivity contribution in [3.63, 3.8) is 0 Å². The van der Waals surface area contributed by atoms with Gasteiger partial charge >= 0.3 is 0 Å². The van der Waals surface area contributed by atoms with Gasteiger partial charge in [-0.25, -0.2) is 0 Å². The molecule has 0 aromatic heterocycles. The van der Waals surface area contributed by atoms with Crippen molar-refractivity contribution in [2.24, 2.45) is 5.41 Å². The third kappa shape index (κ3) is 3.47. The molecule has 0 amide bonds. The summed E-state index contributed by atoms with van der Waals surface area (Å²) < 4.78 is 5.08. The highest BCUT2D eigenvalue weighted by atomic mass is 16.5. The van der Waals surface area contributed by atoms with Gasteiger partial charge in [0.1, 0.15) is 11.8 Å². The van der Waals surface area contributed by atoms with E-state index in [2.05, 4.69) is 32.2 Å². The first kappa shape index (κ1) is 12.4. The Morgan fingerprint density at radius 2 is 2.06 bits per heavy atom. The second-order valence-electron chi connectivity index (χ2n) is 4.94. The lowest BCUT2D eigenvalue weighted by Gasteiger charge is -2.20. The van der Waals surface area contributed by atoms with E-state index in [0.717, 1.165) is 12.2 Å². The summed E-state index contributed by atoms with van der Waals surface area (Å²) in [7, 11) is 1.60. The van der Waals surface area contributed by atoms with Crippen LogP contribution in [-0.2, 0) is 0 Å². The van der Waals surface area contributed by atoms with Crippen LogP contribution in [0.5, 0.6) is 5.75 Å². The Bertz CT molecular complexity index is 399. The molecule has 16 heavy (non-hydrogen) atoms. The molecule has 0 aliphatic rings. The van der Waals surface area contributed by atoms with Crippen molar-refractivity contribution >= 4 is 5.69 Å². The minimum absolute atomic E-state index is 0.187. The van der Waals surface area contributed by atoms with Crippen LogP contribution in [0.15, 0.2) is 18.2 Å². The van der Waals surface area contributed by atoms with Crippen LogP contribution >= 0.6 is 0 Å². The molecule has 0 aliphatic heterocycles. The summed E-state index contributed by atoms with van der Waals surface area (Å²) in [5, 5.41) is 12.3. The van der Waals surface area contributed by atoms with Gasteiger partial charge in [-0.1, -0.05) is 20.8 Å². The molecule has 0 radical (unpaired) electrons. The highest BCUT2D eigenvalue weighted by Crippen LogP contribution is 2.23. The number of anilines is 1. The number of rotatable bonds is 3. The first-order valence-corrected chi connectivity index (χ1v) is 5.28. The molecule has 0 heterocycles. The number of nitriles is 1. The summed E-state index contributed by atoms with van der Waals surface area (Å²) in [5.41, 5.74) is 1.66. The van der Waals surface area contributed by atoms with Gasteiger partial charge in [0.25, 0.3) is 0 Å². The summed E-state index contributed by atoms with van der Waals surface area (Å²) in [6, 6.07) is 7.64. The van der Waals surface area contributed by atoms with Crippen molar-refractivity contribution in [3.05, 3.63) is 23.8 Å². The van der Waals surface area contributed by atoms with E-state index in [1.54, 1.807) is 13.2 Å². The second-order valence-corrected chi connectivity index (χ2v) is 4.94. The highest BCUT2D eigenvalue weighted by molar-refractivity contribution is 5.59. The molecular weight excluding hydrogens is 200 g/mol. The molecule has 1 aromatic carbocycles. The van der Waals surface area contributed by atoms with Crippen molar-refractivity contribution in [2.75, 3.05) is 19.0 Å². The van der Waals surface area contributed by atoms with Crippen molar-refractivity contribution in [1.29, 1.82) is 5.26 Å². The van der Waals surface area contributed by atoms with Crippen molar-refractivity contribution in [2.45, 2.75) is 20.8 Å². The highest BCUT2D eigenvalue weighted by Gasteiger charge is 2.11.